The fourth-order valence-corrected chi connectivity index (χ4v) is 1.29. The summed E-state index contributed by atoms with van der Waals surface area (Å²) in [5.41, 5.74) is 5.36. The monoisotopic (exact) mass is 224 g/mol. The van der Waals surface area contributed by atoms with E-state index in [9.17, 15) is 4.39 Å². The van der Waals surface area contributed by atoms with Gasteiger partial charge >= 0.3 is 0 Å². The number of benzene rings is 1. The van der Waals surface area contributed by atoms with Crippen molar-refractivity contribution in [3.05, 3.63) is 29.6 Å². The topological polar surface area (TPSA) is 59.1 Å². The molecule has 0 saturated heterocycles. The second-order valence-corrected chi connectivity index (χ2v) is 4.06. The zero-order valence-corrected chi connectivity index (χ0v) is 9.59. The summed E-state index contributed by atoms with van der Waals surface area (Å²) in [5.74, 6) is 0.0367. The molecule has 3 N–H and O–H groups in total. The van der Waals surface area contributed by atoms with Crippen LogP contribution in [-0.4, -0.2) is 12.4 Å². The van der Waals surface area contributed by atoms with Gasteiger partial charge in [-0.25, -0.2) is 4.39 Å². The van der Waals surface area contributed by atoms with Crippen LogP contribution in [-0.2, 0) is 0 Å². The highest BCUT2D eigenvalue weighted by molar-refractivity contribution is 5.97. The summed E-state index contributed by atoms with van der Waals surface area (Å²) in [6.07, 6.45) is 0.883. The Labute approximate surface area is 94.9 Å². The lowest BCUT2D eigenvalue weighted by Gasteiger charge is -2.12. The molecule has 0 aliphatic rings. The smallest absolute Gasteiger partial charge is 0.137 e. The number of hydrogen-bond acceptors (Lipinski definition) is 2. The molecule has 1 aromatic rings. The number of nitrogens with two attached hydrogens (primary N) is 1. The minimum absolute atomic E-state index is 0.0475. The summed E-state index contributed by atoms with van der Waals surface area (Å²) in [4.78, 5) is 0. The predicted octanol–water partition coefficient (Wildman–Crippen LogP) is 2.53. The van der Waals surface area contributed by atoms with Gasteiger partial charge in [0.25, 0.3) is 0 Å². The zero-order chi connectivity index (χ0) is 12.1. The molecule has 0 aromatic heterocycles. The van der Waals surface area contributed by atoms with E-state index >= 15 is 0 Å². The van der Waals surface area contributed by atoms with Crippen molar-refractivity contribution in [1.29, 1.82) is 5.41 Å². The lowest BCUT2D eigenvalue weighted by Crippen LogP contribution is -2.15. The lowest BCUT2D eigenvalue weighted by molar-refractivity contribution is 0.287. The van der Waals surface area contributed by atoms with E-state index in [1.54, 1.807) is 12.1 Å². The van der Waals surface area contributed by atoms with Gasteiger partial charge in [-0.1, -0.05) is 19.9 Å². The Hall–Kier alpha value is -1.58. The van der Waals surface area contributed by atoms with Crippen molar-refractivity contribution in [3.8, 4) is 5.75 Å². The summed E-state index contributed by atoms with van der Waals surface area (Å²) >= 11 is 0. The van der Waals surface area contributed by atoms with Gasteiger partial charge in [-0.3, -0.25) is 5.41 Å². The summed E-state index contributed by atoms with van der Waals surface area (Å²) in [6, 6.07) is 4.44. The normalized spacial score (nSPS) is 10.5. The number of ether oxygens (including phenoxy) is 1. The first-order valence-corrected chi connectivity index (χ1v) is 5.28. The Kier molecular flexibility index (Phi) is 4.28. The van der Waals surface area contributed by atoms with Crippen molar-refractivity contribution in [2.24, 2.45) is 11.7 Å². The first-order valence-electron chi connectivity index (χ1n) is 5.28. The summed E-state index contributed by atoms with van der Waals surface area (Å²) in [5, 5.41) is 7.29. The SMILES string of the molecule is CC(C)CCOc1cccc(F)c1C(=N)N. The van der Waals surface area contributed by atoms with Crippen molar-refractivity contribution in [1.82, 2.24) is 0 Å². The fourth-order valence-electron chi connectivity index (χ4n) is 1.29. The van der Waals surface area contributed by atoms with Gasteiger partial charge in [0.2, 0.25) is 0 Å². The van der Waals surface area contributed by atoms with Crippen molar-refractivity contribution in [3.63, 3.8) is 0 Å². The quantitative estimate of drug-likeness (QED) is 0.596. The third kappa shape index (κ3) is 3.22. The van der Waals surface area contributed by atoms with Gasteiger partial charge in [0.15, 0.2) is 0 Å². The van der Waals surface area contributed by atoms with E-state index in [1.807, 2.05) is 0 Å². The minimum Gasteiger partial charge on any atom is -0.493 e. The van der Waals surface area contributed by atoms with Gasteiger partial charge in [-0.15, -0.1) is 0 Å². The molecule has 0 radical (unpaired) electrons. The second-order valence-electron chi connectivity index (χ2n) is 4.06. The van der Waals surface area contributed by atoms with E-state index < -0.39 is 5.82 Å². The molecule has 3 nitrogen and oxygen atoms in total. The van der Waals surface area contributed by atoms with Gasteiger partial charge in [0.05, 0.1) is 12.2 Å². The van der Waals surface area contributed by atoms with Crippen LogP contribution in [0, 0.1) is 17.1 Å². The molecule has 16 heavy (non-hydrogen) atoms. The Morgan fingerprint density at radius 2 is 2.19 bits per heavy atom. The summed E-state index contributed by atoms with van der Waals surface area (Å²) < 4.78 is 18.8. The van der Waals surface area contributed by atoms with Crippen LogP contribution in [0.2, 0.25) is 0 Å². The highest BCUT2D eigenvalue weighted by Gasteiger charge is 2.12. The number of nitrogens with one attached hydrogen (secondary N) is 1. The van der Waals surface area contributed by atoms with E-state index in [0.29, 0.717) is 18.3 Å². The van der Waals surface area contributed by atoms with Crippen molar-refractivity contribution in [2.75, 3.05) is 6.61 Å². The van der Waals surface area contributed by atoms with Crippen LogP contribution in [0.4, 0.5) is 4.39 Å². The van der Waals surface area contributed by atoms with Gasteiger partial charge in [-0.05, 0) is 24.5 Å². The molecule has 0 aliphatic carbocycles. The van der Waals surface area contributed by atoms with Crippen LogP contribution in [0.25, 0.3) is 0 Å². The van der Waals surface area contributed by atoms with Gasteiger partial charge in [0.1, 0.15) is 17.4 Å². The molecule has 0 saturated carbocycles. The number of halogens is 1. The number of rotatable bonds is 5. The number of nitrogen functional groups attached to an aromatic ring is 1. The van der Waals surface area contributed by atoms with Crippen molar-refractivity contribution < 1.29 is 9.13 Å². The average molecular weight is 224 g/mol. The van der Waals surface area contributed by atoms with Crippen LogP contribution in [0.1, 0.15) is 25.8 Å². The van der Waals surface area contributed by atoms with E-state index in [2.05, 4.69) is 13.8 Å². The molecule has 0 unspecified atom stereocenters. The van der Waals surface area contributed by atoms with Crippen LogP contribution < -0.4 is 10.5 Å². The van der Waals surface area contributed by atoms with E-state index in [1.165, 1.54) is 6.07 Å². The fraction of sp³-hybridized carbons (Fsp3) is 0.417. The van der Waals surface area contributed by atoms with Crippen molar-refractivity contribution in [2.45, 2.75) is 20.3 Å². The van der Waals surface area contributed by atoms with Gasteiger partial charge in [-0.2, -0.15) is 0 Å². The molecule has 4 heteroatoms. The molecule has 0 bridgehead atoms. The molecule has 88 valence electrons. The molecule has 0 heterocycles. The Balaban J connectivity index is 2.79. The maximum Gasteiger partial charge on any atom is 0.137 e. The largest absolute Gasteiger partial charge is 0.493 e. The molecule has 1 aromatic carbocycles. The third-order valence-electron chi connectivity index (χ3n) is 2.20. The van der Waals surface area contributed by atoms with E-state index in [0.717, 1.165) is 6.42 Å². The molecular weight excluding hydrogens is 207 g/mol. The Bertz CT molecular complexity index is 377. The summed E-state index contributed by atoms with van der Waals surface area (Å²) in [7, 11) is 0. The van der Waals surface area contributed by atoms with E-state index in [-0.39, 0.29) is 11.4 Å². The van der Waals surface area contributed by atoms with Crippen LogP contribution in [0.3, 0.4) is 0 Å². The summed E-state index contributed by atoms with van der Waals surface area (Å²) in [6.45, 7) is 4.67. The third-order valence-corrected chi connectivity index (χ3v) is 2.20. The van der Waals surface area contributed by atoms with Crippen LogP contribution in [0.5, 0.6) is 5.75 Å². The second kappa shape index (κ2) is 5.49. The number of hydrogen-bond donors (Lipinski definition) is 2. The predicted molar refractivity (Wildman–Crippen MR) is 62.4 cm³/mol. The average Bonchev–Trinajstić information content (AvgIpc) is 2.16. The first-order chi connectivity index (χ1) is 7.52. The Morgan fingerprint density at radius 1 is 1.50 bits per heavy atom. The maximum absolute atomic E-state index is 13.4. The molecule has 0 aliphatic heterocycles. The zero-order valence-electron chi connectivity index (χ0n) is 9.59. The molecule has 0 amide bonds. The molecule has 1 rings (SSSR count). The maximum atomic E-state index is 13.4. The molecular formula is C12H17FN2O. The minimum atomic E-state index is -0.519. The molecule has 0 atom stereocenters. The Morgan fingerprint density at radius 3 is 2.75 bits per heavy atom. The number of amidine groups is 1. The van der Waals surface area contributed by atoms with E-state index in [4.69, 9.17) is 15.9 Å². The molecule has 0 spiro atoms. The standard InChI is InChI=1S/C12H17FN2O/c1-8(2)6-7-16-10-5-3-4-9(13)11(10)12(14)15/h3-5,8H,6-7H2,1-2H3,(H3,14,15). The highest BCUT2D eigenvalue weighted by Crippen LogP contribution is 2.21. The van der Waals surface area contributed by atoms with Crippen LogP contribution in [0.15, 0.2) is 18.2 Å². The molecule has 0 fully saturated rings. The lowest BCUT2D eigenvalue weighted by atomic mass is 10.1. The van der Waals surface area contributed by atoms with Gasteiger partial charge in [0, 0.05) is 0 Å². The van der Waals surface area contributed by atoms with Crippen molar-refractivity contribution >= 4 is 5.84 Å². The van der Waals surface area contributed by atoms with Crippen LogP contribution >= 0.6 is 0 Å². The highest BCUT2D eigenvalue weighted by atomic mass is 19.1. The van der Waals surface area contributed by atoms with Gasteiger partial charge < -0.3 is 10.5 Å². The first kappa shape index (κ1) is 12.5.